The number of allylic oxidation sites excluding steroid dienone is 6. The standard InChI is InChI=1S/C36H42N3O4.BF4/c1-35(2)26-16-11-13-18-28(26)37(5)30(35)20-8-6-9-21-31-36(3,4)27-17-12-14-19-29(27)38(31)25-15-7-10-22-34(42)43-39-32(40)23-24-33(39)41;2-1(3,4)5/h6,8-9,11-14,16-21H,7,10,15,22-25H2,1-5H3;/q+1;-1. The van der Waals surface area contributed by atoms with Crippen molar-refractivity contribution in [1.29, 1.82) is 0 Å². The number of rotatable bonds is 10. The van der Waals surface area contributed by atoms with E-state index < -0.39 is 25.0 Å². The molecule has 0 spiro atoms. The molecule has 3 aliphatic rings. The summed E-state index contributed by atoms with van der Waals surface area (Å²) in [5.41, 5.74) is 7.43. The summed E-state index contributed by atoms with van der Waals surface area (Å²) < 4.78 is 41.4. The summed E-state index contributed by atoms with van der Waals surface area (Å²) in [5.74, 6) is -1.43. The maximum Gasteiger partial charge on any atom is 0.673 e. The van der Waals surface area contributed by atoms with Crippen LogP contribution in [0, 0.1) is 0 Å². The van der Waals surface area contributed by atoms with Gasteiger partial charge in [-0.2, -0.15) is 4.58 Å². The van der Waals surface area contributed by atoms with Gasteiger partial charge in [-0.3, -0.25) is 9.59 Å². The van der Waals surface area contributed by atoms with Crippen molar-refractivity contribution >= 4 is 42.1 Å². The predicted octanol–water partition coefficient (Wildman–Crippen LogP) is 7.95. The molecule has 12 heteroatoms. The minimum Gasteiger partial charge on any atom is -0.418 e. The number of anilines is 1. The fraction of sp³-hybridized carbons (Fsp3) is 0.389. The van der Waals surface area contributed by atoms with Crippen molar-refractivity contribution in [3.8, 4) is 0 Å². The molecule has 256 valence electrons. The molecular weight excluding hydrogens is 625 g/mol. The van der Waals surface area contributed by atoms with Gasteiger partial charge in [0.05, 0.1) is 5.41 Å². The van der Waals surface area contributed by atoms with Crippen LogP contribution in [0.5, 0.6) is 0 Å². The summed E-state index contributed by atoms with van der Waals surface area (Å²) in [6.07, 6.45) is 13.5. The Hall–Kier alpha value is -4.48. The highest BCUT2D eigenvalue weighted by atomic mass is 19.5. The summed E-state index contributed by atoms with van der Waals surface area (Å²) in [7, 11) is -3.87. The van der Waals surface area contributed by atoms with Crippen LogP contribution in [-0.4, -0.2) is 54.0 Å². The summed E-state index contributed by atoms with van der Waals surface area (Å²) in [6.45, 7) is 9.90. The lowest BCUT2D eigenvalue weighted by atomic mass is 9.81. The van der Waals surface area contributed by atoms with Crippen molar-refractivity contribution in [2.24, 2.45) is 0 Å². The highest BCUT2D eigenvalue weighted by Gasteiger charge is 2.44. The van der Waals surface area contributed by atoms with Gasteiger partial charge in [0.2, 0.25) is 5.69 Å². The second-order valence-corrected chi connectivity index (χ2v) is 13.0. The first-order valence-electron chi connectivity index (χ1n) is 16.1. The quantitative estimate of drug-likeness (QED) is 0.0643. The van der Waals surface area contributed by atoms with Gasteiger partial charge in [0, 0.05) is 67.2 Å². The Kier molecular flexibility index (Phi) is 11.2. The number of fused-ring (bicyclic) bond motifs is 2. The molecule has 0 radical (unpaired) electrons. The van der Waals surface area contributed by atoms with Gasteiger partial charge in [-0.05, 0) is 44.4 Å². The van der Waals surface area contributed by atoms with E-state index >= 15 is 0 Å². The molecule has 48 heavy (non-hydrogen) atoms. The first kappa shape index (κ1) is 36.4. The lowest BCUT2D eigenvalue weighted by Gasteiger charge is -2.23. The molecule has 7 nitrogen and oxygen atoms in total. The number of unbranched alkanes of at least 4 members (excludes halogenated alkanes) is 2. The molecule has 0 unspecified atom stereocenters. The van der Waals surface area contributed by atoms with Gasteiger partial charge in [0.15, 0.2) is 5.71 Å². The zero-order chi connectivity index (χ0) is 35.3. The molecule has 0 aliphatic carbocycles. The van der Waals surface area contributed by atoms with Crippen LogP contribution in [0.3, 0.4) is 0 Å². The van der Waals surface area contributed by atoms with Gasteiger partial charge in [0.25, 0.3) is 11.8 Å². The Morgan fingerprint density at radius 2 is 1.46 bits per heavy atom. The van der Waals surface area contributed by atoms with E-state index in [9.17, 15) is 31.6 Å². The zero-order valence-corrected chi connectivity index (χ0v) is 28.0. The highest BCUT2D eigenvalue weighted by molar-refractivity contribution is 6.50. The van der Waals surface area contributed by atoms with E-state index in [1.165, 1.54) is 33.9 Å². The van der Waals surface area contributed by atoms with Crippen LogP contribution in [0.25, 0.3) is 0 Å². The van der Waals surface area contributed by atoms with Crippen molar-refractivity contribution in [2.45, 2.75) is 77.0 Å². The molecule has 0 bridgehead atoms. The number of imide groups is 1. The van der Waals surface area contributed by atoms with Crippen molar-refractivity contribution < 1.29 is 41.1 Å². The van der Waals surface area contributed by atoms with E-state index in [2.05, 4.69) is 123 Å². The normalized spacial score (nSPS) is 19.0. The number of carbonyl (C=O) groups is 3. The molecule has 2 aromatic carbocycles. The van der Waals surface area contributed by atoms with Gasteiger partial charge in [-0.15, -0.1) is 5.06 Å². The van der Waals surface area contributed by atoms with Gasteiger partial charge < -0.3 is 27.0 Å². The largest absolute Gasteiger partial charge is 0.673 e. The Bertz CT molecular complexity index is 1650. The number of likely N-dealkylation sites (N-methyl/N-ethyl adjacent to an activating group) is 1. The number of nitrogens with zero attached hydrogens (tertiary/aromatic N) is 3. The number of amides is 2. The Morgan fingerprint density at radius 1 is 0.854 bits per heavy atom. The van der Waals surface area contributed by atoms with Crippen molar-refractivity contribution in [3.05, 3.63) is 95.7 Å². The van der Waals surface area contributed by atoms with Gasteiger partial charge in [0.1, 0.15) is 6.54 Å². The number of halogens is 4. The van der Waals surface area contributed by atoms with Gasteiger partial charge >= 0.3 is 13.2 Å². The fourth-order valence-corrected chi connectivity index (χ4v) is 6.56. The average Bonchev–Trinajstić information content (AvgIpc) is 3.52. The van der Waals surface area contributed by atoms with E-state index in [1.54, 1.807) is 0 Å². The Labute approximate surface area is 279 Å². The molecular formula is C36H42BF4N3O4. The molecule has 3 aliphatic heterocycles. The molecule has 2 amide bonds. The molecule has 0 N–H and O–H groups in total. The number of hydroxylamine groups is 2. The monoisotopic (exact) mass is 667 g/mol. The Balaban J connectivity index is 0.000000968. The van der Waals surface area contributed by atoms with Crippen LogP contribution >= 0.6 is 0 Å². The van der Waals surface area contributed by atoms with Crippen LogP contribution in [0.1, 0.15) is 77.3 Å². The third kappa shape index (κ3) is 8.32. The second-order valence-electron chi connectivity index (χ2n) is 13.0. The van der Waals surface area contributed by atoms with Gasteiger partial charge in [-0.1, -0.05) is 68.5 Å². The summed E-state index contributed by atoms with van der Waals surface area (Å²) in [4.78, 5) is 42.8. The third-order valence-electron chi connectivity index (χ3n) is 8.93. The number of benzene rings is 2. The molecule has 0 atom stereocenters. The average molecular weight is 668 g/mol. The third-order valence-corrected chi connectivity index (χ3v) is 8.93. The second kappa shape index (κ2) is 14.7. The van der Waals surface area contributed by atoms with Gasteiger partial charge in [-0.25, -0.2) is 4.79 Å². The predicted molar refractivity (Wildman–Crippen MR) is 179 cm³/mol. The van der Waals surface area contributed by atoms with Crippen LogP contribution in [-0.2, 0) is 30.1 Å². The zero-order valence-electron chi connectivity index (χ0n) is 28.0. The molecule has 1 fully saturated rings. The van der Waals surface area contributed by atoms with E-state index in [1.807, 2.05) is 0 Å². The van der Waals surface area contributed by atoms with E-state index in [-0.39, 0.29) is 30.1 Å². The minimum atomic E-state index is -6.00. The van der Waals surface area contributed by atoms with Crippen LogP contribution in [0.4, 0.5) is 28.6 Å². The van der Waals surface area contributed by atoms with Crippen LogP contribution < -0.4 is 4.90 Å². The first-order chi connectivity index (χ1) is 22.5. The van der Waals surface area contributed by atoms with Crippen LogP contribution in [0.15, 0.2) is 84.6 Å². The Morgan fingerprint density at radius 3 is 2.10 bits per heavy atom. The van der Waals surface area contributed by atoms with Crippen molar-refractivity contribution in [1.82, 2.24) is 5.06 Å². The molecule has 1 saturated heterocycles. The molecule has 2 aromatic rings. The number of hydrogen-bond donors (Lipinski definition) is 0. The SMILES string of the molecule is CN1/C(=C/C=C/C=C/C2=[N+](CCCCCC(=O)ON3C(=O)CCC3=O)c3ccccc3C2(C)C)C(C)(C)c2ccccc21.F[B-](F)(F)F. The number of carbonyl (C=O) groups excluding carboxylic acids is 3. The number of hydrogen-bond acceptors (Lipinski definition) is 5. The molecule has 0 saturated carbocycles. The van der Waals surface area contributed by atoms with Crippen LogP contribution in [0.2, 0.25) is 0 Å². The lowest BCUT2D eigenvalue weighted by Crippen LogP contribution is -2.31. The smallest absolute Gasteiger partial charge is 0.418 e. The molecule has 0 aromatic heterocycles. The van der Waals surface area contributed by atoms with E-state index in [0.29, 0.717) is 11.5 Å². The van der Waals surface area contributed by atoms with Crippen molar-refractivity contribution in [3.63, 3.8) is 0 Å². The molecule has 5 rings (SSSR count). The first-order valence-corrected chi connectivity index (χ1v) is 16.1. The summed E-state index contributed by atoms with van der Waals surface area (Å²) in [6, 6.07) is 17.1. The highest BCUT2D eigenvalue weighted by Crippen LogP contribution is 2.46. The maximum atomic E-state index is 12.2. The molecule has 3 heterocycles. The summed E-state index contributed by atoms with van der Waals surface area (Å²) in [5, 5.41) is 0.621. The number of para-hydroxylation sites is 2. The topological polar surface area (TPSA) is 69.9 Å². The fourth-order valence-electron chi connectivity index (χ4n) is 6.56. The lowest BCUT2D eigenvalue weighted by molar-refractivity contribution is -0.438. The van der Waals surface area contributed by atoms with E-state index in [4.69, 9.17) is 4.84 Å². The van der Waals surface area contributed by atoms with Crippen molar-refractivity contribution in [2.75, 3.05) is 18.5 Å². The van der Waals surface area contributed by atoms with E-state index in [0.717, 1.165) is 19.4 Å². The maximum absolute atomic E-state index is 12.2. The minimum absolute atomic E-state index is 0.0558. The summed E-state index contributed by atoms with van der Waals surface area (Å²) >= 11 is 0.